The van der Waals surface area contributed by atoms with Gasteiger partial charge in [0.2, 0.25) is 10.0 Å². The first-order chi connectivity index (χ1) is 9.40. The molecule has 0 amide bonds. The Morgan fingerprint density at radius 2 is 2.10 bits per heavy atom. The molecule has 2 atom stereocenters. The van der Waals surface area contributed by atoms with Crippen molar-refractivity contribution in [3.8, 4) is 0 Å². The van der Waals surface area contributed by atoms with Crippen molar-refractivity contribution in [3.05, 3.63) is 15.9 Å². The van der Waals surface area contributed by atoms with Crippen LogP contribution in [0, 0.1) is 11.8 Å². The van der Waals surface area contributed by atoms with Gasteiger partial charge in [-0.15, -0.1) is 11.3 Å². The standard InChI is InChI=1S/C12H16BrNO4S2/c13-10-5-6-11(19-10)20(17,18)14-7-8-3-1-2-4-9(8)12(15)16/h5-6,8-9,14H,1-4,7H2,(H,15,16). The van der Waals surface area contributed by atoms with E-state index in [1.165, 1.54) is 6.07 Å². The van der Waals surface area contributed by atoms with Crippen molar-refractivity contribution in [3.63, 3.8) is 0 Å². The largest absolute Gasteiger partial charge is 0.481 e. The fourth-order valence-corrected chi connectivity index (χ4v) is 5.66. The Kier molecular flexibility index (Phi) is 5.22. The number of hydrogen-bond acceptors (Lipinski definition) is 4. The number of halogens is 1. The van der Waals surface area contributed by atoms with Crippen molar-refractivity contribution in [1.29, 1.82) is 0 Å². The lowest BCUT2D eigenvalue weighted by atomic mass is 9.79. The average Bonchev–Trinajstić information content (AvgIpc) is 2.84. The van der Waals surface area contributed by atoms with Crippen LogP contribution in [0.2, 0.25) is 0 Å². The Labute approximate surface area is 130 Å². The summed E-state index contributed by atoms with van der Waals surface area (Å²) in [6.07, 6.45) is 3.25. The van der Waals surface area contributed by atoms with Gasteiger partial charge in [-0.2, -0.15) is 0 Å². The summed E-state index contributed by atoms with van der Waals surface area (Å²) in [5, 5.41) is 9.18. The van der Waals surface area contributed by atoms with E-state index in [0.717, 1.165) is 34.4 Å². The third kappa shape index (κ3) is 3.81. The van der Waals surface area contributed by atoms with Crippen LogP contribution in [0.3, 0.4) is 0 Å². The number of sulfonamides is 1. The third-order valence-corrected chi connectivity index (χ3v) is 7.11. The lowest BCUT2D eigenvalue weighted by molar-refractivity contribution is -0.144. The van der Waals surface area contributed by atoms with Gasteiger partial charge in [-0.05, 0) is 46.8 Å². The molecule has 20 heavy (non-hydrogen) atoms. The van der Waals surface area contributed by atoms with Crippen LogP contribution in [-0.2, 0) is 14.8 Å². The minimum Gasteiger partial charge on any atom is -0.481 e. The molecule has 5 nitrogen and oxygen atoms in total. The topological polar surface area (TPSA) is 83.5 Å². The maximum atomic E-state index is 12.1. The number of thiophene rings is 1. The first kappa shape index (κ1) is 15.9. The second-order valence-electron chi connectivity index (χ2n) is 4.90. The highest BCUT2D eigenvalue weighted by Crippen LogP contribution is 2.31. The molecule has 2 N–H and O–H groups in total. The summed E-state index contributed by atoms with van der Waals surface area (Å²) in [5.74, 6) is -1.39. The molecule has 1 saturated carbocycles. The van der Waals surface area contributed by atoms with E-state index in [2.05, 4.69) is 20.7 Å². The van der Waals surface area contributed by atoms with Crippen LogP contribution in [0.5, 0.6) is 0 Å². The highest BCUT2D eigenvalue weighted by molar-refractivity contribution is 9.11. The Hall–Kier alpha value is -0.440. The molecule has 2 rings (SSSR count). The van der Waals surface area contributed by atoms with Gasteiger partial charge in [-0.25, -0.2) is 13.1 Å². The van der Waals surface area contributed by atoms with Gasteiger partial charge < -0.3 is 5.11 Å². The number of carboxylic acids is 1. The molecule has 0 aliphatic heterocycles. The van der Waals surface area contributed by atoms with Crippen LogP contribution >= 0.6 is 27.3 Å². The minimum atomic E-state index is -3.54. The van der Waals surface area contributed by atoms with Crippen LogP contribution < -0.4 is 4.72 Å². The molecule has 1 aliphatic carbocycles. The molecular weight excluding hydrogens is 366 g/mol. The number of hydrogen-bond donors (Lipinski definition) is 2. The van der Waals surface area contributed by atoms with Crippen LogP contribution in [0.1, 0.15) is 25.7 Å². The molecule has 112 valence electrons. The predicted octanol–water partition coefficient (Wildman–Crippen LogP) is 2.68. The van der Waals surface area contributed by atoms with Crippen molar-refractivity contribution in [2.24, 2.45) is 11.8 Å². The maximum absolute atomic E-state index is 12.1. The molecule has 0 saturated heterocycles. The molecule has 1 fully saturated rings. The Balaban J connectivity index is 2.01. The molecule has 0 bridgehead atoms. The van der Waals surface area contributed by atoms with Crippen LogP contribution in [0.25, 0.3) is 0 Å². The molecule has 8 heteroatoms. The quantitative estimate of drug-likeness (QED) is 0.820. The van der Waals surface area contributed by atoms with Gasteiger partial charge in [0.15, 0.2) is 0 Å². The highest BCUT2D eigenvalue weighted by atomic mass is 79.9. The summed E-state index contributed by atoms with van der Waals surface area (Å²) in [6.45, 7) is 0.189. The SMILES string of the molecule is O=C(O)C1CCCCC1CNS(=O)(=O)c1ccc(Br)s1. The smallest absolute Gasteiger partial charge is 0.306 e. The fourth-order valence-electron chi connectivity index (χ4n) is 2.51. The van der Waals surface area contributed by atoms with E-state index in [1.54, 1.807) is 6.07 Å². The lowest BCUT2D eigenvalue weighted by Crippen LogP contribution is -2.37. The van der Waals surface area contributed by atoms with E-state index >= 15 is 0 Å². The lowest BCUT2D eigenvalue weighted by Gasteiger charge is -2.28. The number of rotatable bonds is 5. The van der Waals surface area contributed by atoms with E-state index in [9.17, 15) is 18.3 Å². The molecule has 0 radical (unpaired) electrons. The minimum absolute atomic E-state index is 0.126. The van der Waals surface area contributed by atoms with Crippen LogP contribution in [-0.4, -0.2) is 26.0 Å². The molecule has 2 unspecified atom stereocenters. The average molecular weight is 382 g/mol. The van der Waals surface area contributed by atoms with Gasteiger partial charge >= 0.3 is 5.97 Å². The molecule has 1 aliphatic rings. The van der Waals surface area contributed by atoms with E-state index in [-0.39, 0.29) is 16.7 Å². The second kappa shape index (κ2) is 6.55. The number of carbonyl (C=O) groups is 1. The van der Waals surface area contributed by atoms with Crippen molar-refractivity contribution < 1.29 is 18.3 Å². The third-order valence-electron chi connectivity index (χ3n) is 3.58. The summed E-state index contributed by atoms with van der Waals surface area (Å²) < 4.78 is 27.7. The van der Waals surface area contributed by atoms with E-state index in [0.29, 0.717) is 6.42 Å². The normalized spacial score (nSPS) is 23.6. The second-order valence-corrected chi connectivity index (χ2v) is 9.36. The van der Waals surface area contributed by atoms with Crippen molar-refractivity contribution in [2.45, 2.75) is 29.9 Å². The first-order valence-electron chi connectivity index (χ1n) is 6.38. The summed E-state index contributed by atoms with van der Waals surface area (Å²) >= 11 is 4.37. The summed E-state index contributed by atoms with van der Waals surface area (Å²) in [7, 11) is -3.54. The van der Waals surface area contributed by atoms with E-state index < -0.39 is 21.9 Å². The number of carboxylic acid groups (broad SMARTS) is 1. The molecule has 1 aromatic heterocycles. The summed E-state index contributed by atoms with van der Waals surface area (Å²) in [4.78, 5) is 11.2. The van der Waals surface area contributed by atoms with E-state index in [4.69, 9.17) is 0 Å². The zero-order valence-electron chi connectivity index (χ0n) is 10.7. The van der Waals surface area contributed by atoms with Gasteiger partial charge in [0.1, 0.15) is 4.21 Å². The van der Waals surface area contributed by atoms with Gasteiger partial charge in [-0.3, -0.25) is 4.79 Å². The number of aliphatic carboxylic acids is 1. The maximum Gasteiger partial charge on any atom is 0.306 e. The summed E-state index contributed by atoms with van der Waals surface area (Å²) in [5.41, 5.74) is 0. The van der Waals surface area contributed by atoms with Crippen molar-refractivity contribution in [1.82, 2.24) is 4.72 Å². The van der Waals surface area contributed by atoms with Crippen LogP contribution in [0.15, 0.2) is 20.1 Å². The van der Waals surface area contributed by atoms with Gasteiger partial charge in [0.25, 0.3) is 0 Å². The van der Waals surface area contributed by atoms with Crippen LogP contribution in [0.4, 0.5) is 0 Å². The van der Waals surface area contributed by atoms with E-state index in [1.807, 2.05) is 0 Å². The number of nitrogens with one attached hydrogen (secondary N) is 1. The monoisotopic (exact) mass is 381 g/mol. The molecule has 1 heterocycles. The van der Waals surface area contributed by atoms with Crippen molar-refractivity contribution >= 4 is 43.3 Å². The fraction of sp³-hybridized carbons (Fsp3) is 0.583. The molecule has 0 spiro atoms. The van der Waals surface area contributed by atoms with Gasteiger partial charge in [0.05, 0.1) is 9.70 Å². The van der Waals surface area contributed by atoms with Crippen molar-refractivity contribution in [2.75, 3.05) is 6.54 Å². The van der Waals surface area contributed by atoms with Gasteiger partial charge in [-0.1, -0.05) is 12.8 Å². The first-order valence-corrected chi connectivity index (χ1v) is 9.47. The highest BCUT2D eigenvalue weighted by Gasteiger charge is 2.31. The Morgan fingerprint density at radius 1 is 1.40 bits per heavy atom. The molecular formula is C12H16BrNO4S2. The predicted molar refractivity (Wildman–Crippen MR) is 80.3 cm³/mol. The zero-order chi connectivity index (χ0) is 14.8. The Morgan fingerprint density at radius 3 is 2.70 bits per heavy atom. The zero-order valence-corrected chi connectivity index (χ0v) is 13.9. The summed E-state index contributed by atoms with van der Waals surface area (Å²) in [6, 6.07) is 3.21. The Bertz CT molecular complexity index is 584. The molecule has 0 aromatic carbocycles. The van der Waals surface area contributed by atoms with Gasteiger partial charge in [0, 0.05) is 6.54 Å². The molecule has 1 aromatic rings.